The summed E-state index contributed by atoms with van der Waals surface area (Å²) in [4.78, 5) is 11.1. The van der Waals surface area contributed by atoms with E-state index in [0.717, 1.165) is 17.4 Å². The average Bonchev–Trinajstić information content (AvgIpc) is 2.32. The summed E-state index contributed by atoms with van der Waals surface area (Å²) in [6, 6.07) is 7.34. The number of hydrogen-bond donors (Lipinski definition) is 1. The van der Waals surface area contributed by atoms with Crippen LogP contribution in [0.15, 0.2) is 30.5 Å². The van der Waals surface area contributed by atoms with E-state index in [-0.39, 0.29) is 12.2 Å². The molecule has 0 saturated carbocycles. The molecule has 2 rings (SSSR count). The molecule has 3 heteroatoms. The molecule has 0 fully saturated rings. The number of ether oxygens (including phenoxy) is 1. The van der Waals surface area contributed by atoms with E-state index in [0.29, 0.717) is 0 Å². The number of benzene rings is 1. The van der Waals surface area contributed by atoms with Crippen LogP contribution in [-0.4, -0.2) is 11.1 Å². The van der Waals surface area contributed by atoms with Crippen molar-refractivity contribution < 1.29 is 14.6 Å². The molecule has 0 radical (unpaired) electrons. The lowest BCUT2D eigenvalue weighted by molar-refractivity contribution is -0.138. The van der Waals surface area contributed by atoms with Crippen molar-refractivity contribution >= 4 is 11.5 Å². The monoisotopic (exact) mass is 206 g/mol. The average molecular weight is 206 g/mol. The van der Waals surface area contributed by atoms with Gasteiger partial charge in [0.1, 0.15) is 12.2 Å². The fraction of sp³-hybridized carbons (Fsp3) is 0.250. The van der Waals surface area contributed by atoms with Gasteiger partial charge in [-0.15, -0.1) is 0 Å². The first-order chi connectivity index (χ1) is 7.33. The lowest BCUT2D eigenvalue weighted by Gasteiger charge is -2.17. The second-order valence-electron chi connectivity index (χ2n) is 2.78. The van der Waals surface area contributed by atoms with E-state index in [2.05, 4.69) is 0 Å². The molecule has 1 N–H and O–H groups in total. The molecule has 0 bridgehead atoms. The van der Waals surface area contributed by atoms with E-state index in [1.807, 2.05) is 32.0 Å². The third kappa shape index (κ3) is 2.18. The highest BCUT2D eigenvalue weighted by Crippen LogP contribution is 2.25. The van der Waals surface area contributed by atoms with Crippen molar-refractivity contribution in [1.29, 1.82) is 0 Å². The maximum absolute atomic E-state index is 11.1. The minimum atomic E-state index is -0.471. The van der Waals surface area contributed by atoms with Crippen LogP contribution >= 0.6 is 0 Å². The van der Waals surface area contributed by atoms with Crippen molar-refractivity contribution in [2.45, 2.75) is 20.5 Å². The molecule has 0 spiro atoms. The molecule has 1 aromatic carbocycles. The zero-order valence-corrected chi connectivity index (χ0v) is 8.86. The van der Waals surface area contributed by atoms with Crippen molar-refractivity contribution in [2.75, 3.05) is 0 Å². The van der Waals surface area contributed by atoms with Crippen LogP contribution in [0.2, 0.25) is 0 Å². The van der Waals surface area contributed by atoms with Crippen LogP contribution in [-0.2, 0) is 16.1 Å². The molecule has 0 unspecified atom stereocenters. The Morgan fingerprint density at radius 2 is 2.00 bits per heavy atom. The molecular weight excluding hydrogens is 192 g/mol. The summed E-state index contributed by atoms with van der Waals surface area (Å²) in [6.45, 7) is 4.28. The van der Waals surface area contributed by atoms with Gasteiger partial charge in [0, 0.05) is 0 Å². The second kappa shape index (κ2) is 5.20. The minimum Gasteiger partial charge on any atom is -0.515 e. The van der Waals surface area contributed by atoms with E-state index in [9.17, 15) is 4.79 Å². The van der Waals surface area contributed by atoms with Crippen LogP contribution in [0.1, 0.15) is 25.0 Å². The van der Waals surface area contributed by atoms with Gasteiger partial charge >= 0.3 is 5.97 Å². The number of esters is 1. The van der Waals surface area contributed by atoms with Crippen LogP contribution in [0.4, 0.5) is 0 Å². The van der Waals surface area contributed by atoms with E-state index >= 15 is 0 Å². The molecule has 1 aliphatic rings. The summed E-state index contributed by atoms with van der Waals surface area (Å²) in [5, 5.41) is 8.85. The first kappa shape index (κ1) is 11.3. The zero-order chi connectivity index (χ0) is 11.3. The van der Waals surface area contributed by atoms with Gasteiger partial charge in [-0.05, 0) is 11.1 Å². The summed E-state index contributed by atoms with van der Waals surface area (Å²) in [7, 11) is 0. The Labute approximate surface area is 89.0 Å². The van der Waals surface area contributed by atoms with Crippen molar-refractivity contribution in [3.05, 3.63) is 41.7 Å². The standard InChI is InChI=1S/C10H8O3.C2H6/c11-5-9-8-4-2-1-3-7(8)6-13-10(9)12;1-2/h1-5,11H,6H2;1-2H3. The van der Waals surface area contributed by atoms with Crippen molar-refractivity contribution in [2.24, 2.45) is 0 Å². The van der Waals surface area contributed by atoms with Crippen LogP contribution < -0.4 is 0 Å². The third-order valence-corrected chi connectivity index (χ3v) is 2.02. The molecule has 1 aliphatic heterocycles. The quantitative estimate of drug-likeness (QED) is 0.403. The first-order valence-electron chi connectivity index (χ1n) is 4.92. The Hall–Kier alpha value is -1.77. The SMILES string of the molecule is CC.O=C1OCc2ccccc2C1=CO. The Morgan fingerprint density at radius 1 is 1.33 bits per heavy atom. The summed E-state index contributed by atoms with van der Waals surface area (Å²) in [5.74, 6) is -0.471. The number of aliphatic hydroxyl groups is 1. The number of aliphatic hydroxyl groups excluding tert-OH is 1. The van der Waals surface area contributed by atoms with Crippen LogP contribution in [0.25, 0.3) is 5.57 Å². The van der Waals surface area contributed by atoms with Gasteiger partial charge in [-0.2, -0.15) is 0 Å². The van der Waals surface area contributed by atoms with Crippen molar-refractivity contribution in [1.82, 2.24) is 0 Å². The normalized spacial score (nSPS) is 16.1. The van der Waals surface area contributed by atoms with E-state index in [1.54, 1.807) is 6.07 Å². The molecule has 0 atom stereocenters. The van der Waals surface area contributed by atoms with Gasteiger partial charge in [0.05, 0.1) is 6.26 Å². The van der Waals surface area contributed by atoms with Gasteiger partial charge in [-0.25, -0.2) is 4.79 Å². The van der Waals surface area contributed by atoms with Crippen molar-refractivity contribution in [3.63, 3.8) is 0 Å². The molecule has 0 aliphatic carbocycles. The highest BCUT2D eigenvalue weighted by atomic mass is 16.5. The number of carbonyl (C=O) groups excluding carboxylic acids is 1. The minimum absolute atomic E-state index is 0.224. The smallest absolute Gasteiger partial charge is 0.342 e. The number of hydrogen-bond acceptors (Lipinski definition) is 3. The van der Waals surface area contributed by atoms with Crippen LogP contribution in [0, 0.1) is 0 Å². The van der Waals surface area contributed by atoms with Crippen molar-refractivity contribution in [3.8, 4) is 0 Å². The van der Waals surface area contributed by atoms with Crippen LogP contribution in [0.3, 0.4) is 0 Å². The highest BCUT2D eigenvalue weighted by Gasteiger charge is 2.22. The fourth-order valence-electron chi connectivity index (χ4n) is 1.36. The molecule has 0 aromatic heterocycles. The molecule has 15 heavy (non-hydrogen) atoms. The predicted molar refractivity (Wildman–Crippen MR) is 58.2 cm³/mol. The summed E-state index contributed by atoms with van der Waals surface area (Å²) < 4.78 is 4.84. The third-order valence-electron chi connectivity index (χ3n) is 2.02. The predicted octanol–water partition coefficient (Wildman–Crippen LogP) is 2.67. The topological polar surface area (TPSA) is 46.5 Å². The summed E-state index contributed by atoms with van der Waals surface area (Å²) in [5.41, 5.74) is 1.89. The molecule has 80 valence electrons. The molecule has 1 heterocycles. The maximum atomic E-state index is 11.1. The maximum Gasteiger partial charge on any atom is 0.342 e. The largest absolute Gasteiger partial charge is 0.515 e. The van der Waals surface area contributed by atoms with Gasteiger partial charge < -0.3 is 9.84 Å². The van der Waals surface area contributed by atoms with Crippen LogP contribution in [0.5, 0.6) is 0 Å². The van der Waals surface area contributed by atoms with E-state index in [4.69, 9.17) is 9.84 Å². The van der Waals surface area contributed by atoms with Gasteiger partial charge in [0.2, 0.25) is 0 Å². The second-order valence-corrected chi connectivity index (χ2v) is 2.78. The number of cyclic esters (lactones) is 1. The molecule has 0 amide bonds. The van der Waals surface area contributed by atoms with Gasteiger partial charge in [-0.1, -0.05) is 38.1 Å². The fourth-order valence-corrected chi connectivity index (χ4v) is 1.36. The first-order valence-corrected chi connectivity index (χ1v) is 4.92. The molecule has 3 nitrogen and oxygen atoms in total. The Balaban J connectivity index is 0.000000531. The van der Waals surface area contributed by atoms with E-state index in [1.165, 1.54) is 0 Å². The lowest BCUT2D eigenvalue weighted by Crippen LogP contribution is -2.15. The highest BCUT2D eigenvalue weighted by molar-refractivity contribution is 6.17. The Bertz CT molecular complexity index is 380. The molecular formula is C12H14O3. The van der Waals surface area contributed by atoms with Gasteiger partial charge in [0.15, 0.2) is 0 Å². The Morgan fingerprint density at radius 3 is 2.67 bits per heavy atom. The van der Waals surface area contributed by atoms with E-state index < -0.39 is 5.97 Å². The van der Waals surface area contributed by atoms with Gasteiger partial charge in [0.25, 0.3) is 0 Å². The molecule has 0 saturated heterocycles. The Kier molecular flexibility index (Phi) is 3.92. The summed E-state index contributed by atoms with van der Waals surface area (Å²) in [6.07, 6.45) is 0.792. The zero-order valence-electron chi connectivity index (χ0n) is 8.86. The van der Waals surface area contributed by atoms with Gasteiger partial charge in [-0.3, -0.25) is 0 Å². The number of rotatable bonds is 0. The number of carbonyl (C=O) groups is 1. The summed E-state index contributed by atoms with van der Waals surface area (Å²) >= 11 is 0. The molecule has 1 aromatic rings. The number of fused-ring (bicyclic) bond motifs is 1. The lowest BCUT2D eigenvalue weighted by atomic mass is 9.99.